The Labute approximate surface area is 122 Å². The van der Waals surface area contributed by atoms with Gasteiger partial charge in [-0.25, -0.2) is 0 Å². The van der Waals surface area contributed by atoms with Gasteiger partial charge in [0, 0.05) is 23.2 Å². The molecule has 2 rings (SSSR count). The Morgan fingerprint density at radius 1 is 1.45 bits per heavy atom. The summed E-state index contributed by atoms with van der Waals surface area (Å²) in [6.45, 7) is 1.88. The first-order valence-electron chi connectivity index (χ1n) is 6.33. The molecule has 0 bridgehead atoms. The van der Waals surface area contributed by atoms with E-state index in [1.165, 1.54) is 0 Å². The maximum absolute atomic E-state index is 11.9. The molecule has 1 atom stereocenters. The minimum Gasteiger partial charge on any atom is -0.396 e. The van der Waals surface area contributed by atoms with E-state index in [-0.39, 0.29) is 18.6 Å². The summed E-state index contributed by atoms with van der Waals surface area (Å²) in [4.78, 5) is 11.9. The van der Waals surface area contributed by atoms with Crippen LogP contribution < -0.4 is 5.32 Å². The van der Waals surface area contributed by atoms with Crippen molar-refractivity contribution in [1.29, 1.82) is 0 Å². The van der Waals surface area contributed by atoms with Gasteiger partial charge in [-0.05, 0) is 31.5 Å². The van der Waals surface area contributed by atoms with Gasteiger partial charge in [0.2, 0.25) is 0 Å². The van der Waals surface area contributed by atoms with Crippen LogP contribution in [0.2, 0.25) is 5.02 Å². The lowest BCUT2D eigenvalue weighted by molar-refractivity contribution is 0.0929. The highest BCUT2D eigenvalue weighted by Crippen LogP contribution is 2.20. The van der Waals surface area contributed by atoms with E-state index in [9.17, 15) is 4.79 Å². The number of amides is 1. The van der Waals surface area contributed by atoms with Crippen molar-refractivity contribution >= 4 is 17.5 Å². The first kappa shape index (κ1) is 14.6. The van der Waals surface area contributed by atoms with Crippen LogP contribution in [0.4, 0.5) is 0 Å². The molecule has 3 N–H and O–H groups in total. The summed E-state index contributed by atoms with van der Waals surface area (Å²) in [6.07, 6.45) is 0.518. The zero-order chi connectivity index (χ0) is 14.5. The standard InChI is InChI=1S/C14H16ClN3O2/c1-9(6-7-19)16-14(20)13-8-12(17-18-13)10-2-4-11(15)5-3-10/h2-5,8-9,19H,6-7H2,1H3,(H,16,20)(H,17,18). The number of benzene rings is 1. The molecule has 0 spiro atoms. The van der Waals surface area contributed by atoms with Crippen molar-refractivity contribution in [3.63, 3.8) is 0 Å². The molecule has 0 aliphatic rings. The first-order chi connectivity index (χ1) is 9.60. The third kappa shape index (κ3) is 3.59. The number of aliphatic hydroxyl groups excluding tert-OH is 1. The lowest BCUT2D eigenvalue weighted by Crippen LogP contribution is -2.33. The molecule has 1 amide bonds. The van der Waals surface area contributed by atoms with Crippen LogP contribution in [0.3, 0.4) is 0 Å². The van der Waals surface area contributed by atoms with Crippen molar-refractivity contribution < 1.29 is 9.90 Å². The highest BCUT2D eigenvalue weighted by atomic mass is 35.5. The van der Waals surface area contributed by atoms with E-state index in [0.29, 0.717) is 22.8 Å². The van der Waals surface area contributed by atoms with Gasteiger partial charge < -0.3 is 10.4 Å². The van der Waals surface area contributed by atoms with Crippen molar-refractivity contribution in [3.05, 3.63) is 41.0 Å². The van der Waals surface area contributed by atoms with Crippen molar-refractivity contribution in [1.82, 2.24) is 15.5 Å². The summed E-state index contributed by atoms with van der Waals surface area (Å²) >= 11 is 5.83. The van der Waals surface area contributed by atoms with Gasteiger partial charge in [-0.3, -0.25) is 9.89 Å². The lowest BCUT2D eigenvalue weighted by atomic mass is 10.1. The van der Waals surface area contributed by atoms with Gasteiger partial charge in [0.25, 0.3) is 5.91 Å². The second-order valence-electron chi connectivity index (χ2n) is 4.56. The zero-order valence-electron chi connectivity index (χ0n) is 11.1. The van der Waals surface area contributed by atoms with Crippen LogP contribution in [0.15, 0.2) is 30.3 Å². The van der Waals surface area contributed by atoms with Gasteiger partial charge in [-0.1, -0.05) is 23.7 Å². The normalized spacial score (nSPS) is 12.2. The first-order valence-corrected chi connectivity index (χ1v) is 6.71. The summed E-state index contributed by atoms with van der Waals surface area (Å²) in [5.41, 5.74) is 1.95. The monoisotopic (exact) mass is 293 g/mol. The molecule has 0 saturated heterocycles. The average molecular weight is 294 g/mol. The van der Waals surface area contributed by atoms with Gasteiger partial charge in [0.05, 0.1) is 5.69 Å². The number of halogens is 1. The minimum atomic E-state index is -0.237. The molecule has 1 heterocycles. The smallest absolute Gasteiger partial charge is 0.269 e. The van der Waals surface area contributed by atoms with Crippen molar-refractivity contribution in [2.75, 3.05) is 6.61 Å². The number of H-pyrrole nitrogens is 1. The highest BCUT2D eigenvalue weighted by Gasteiger charge is 2.13. The molecule has 2 aromatic rings. The van der Waals surface area contributed by atoms with Crippen LogP contribution in [0.25, 0.3) is 11.3 Å². The lowest BCUT2D eigenvalue weighted by Gasteiger charge is -2.10. The Hall–Kier alpha value is -1.85. The predicted octanol–water partition coefficient (Wildman–Crippen LogP) is 2.23. The molecule has 1 aromatic heterocycles. The van der Waals surface area contributed by atoms with E-state index in [1.54, 1.807) is 18.2 Å². The summed E-state index contributed by atoms with van der Waals surface area (Å²) in [6, 6.07) is 8.83. The molecule has 0 saturated carbocycles. The number of aliphatic hydroxyl groups is 1. The third-order valence-electron chi connectivity index (χ3n) is 2.90. The molecule has 20 heavy (non-hydrogen) atoms. The highest BCUT2D eigenvalue weighted by molar-refractivity contribution is 6.30. The fourth-order valence-electron chi connectivity index (χ4n) is 1.77. The second kappa shape index (κ2) is 6.54. The fraction of sp³-hybridized carbons (Fsp3) is 0.286. The average Bonchev–Trinajstić information content (AvgIpc) is 2.89. The van der Waals surface area contributed by atoms with Crippen LogP contribution >= 0.6 is 11.6 Å². The summed E-state index contributed by atoms with van der Waals surface area (Å²) in [7, 11) is 0. The van der Waals surface area contributed by atoms with Crippen molar-refractivity contribution in [2.45, 2.75) is 19.4 Å². The number of nitrogens with one attached hydrogen (secondary N) is 2. The number of carbonyl (C=O) groups is 1. The van der Waals surface area contributed by atoms with Gasteiger partial charge in [-0.2, -0.15) is 5.10 Å². The van der Waals surface area contributed by atoms with Gasteiger partial charge in [0.1, 0.15) is 5.69 Å². The van der Waals surface area contributed by atoms with E-state index >= 15 is 0 Å². The molecule has 0 fully saturated rings. The number of aromatic amines is 1. The van der Waals surface area contributed by atoms with Gasteiger partial charge in [-0.15, -0.1) is 0 Å². The number of carbonyl (C=O) groups excluding carboxylic acids is 1. The van der Waals surface area contributed by atoms with Crippen LogP contribution in [-0.4, -0.2) is 33.9 Å². The van der Waals surface area contributed by atoms with E-state index in [2.05, 4.69) is 15.5 Å². The number of hydrogen-bond donors (Lipinski definition) is 3. The number of aromatic nitrogens is 2. The Balaban J connectivity index is 2.08. The predicted molar refractivity (Wildman–Crippen MR) is 77.7 cm³/mol. The molecule has 6 heteroatoms. The molecular weight excluding hydrogens is 278 g/mol. The second-order valence-corrected chi connectivity index (χ2v) is 5.00. The molecule has 1 unspecified atom stereocenters. The molecule has 106 valence electrons. The summed E-state index contributed by atoms with van der Waals surface area (Å²) in [5, 5.41) is 19.1. The topological polar surface area (TPSA) is 78.0 Å². The quantitative estimate of drug-likeness (QED) is 0.791. The largest absolute Gasteiger partial charge is 0.396 e. The maximum Gasteiger partial charge on any atom is 0.269 e. The maximum atomic E-state index is 11.9. The Morgan fingerprint density at radius 2 is 2.15 bits per heavy atom. The Bertz CT molecular complexity index is 580. The van der Waals surface area contributed by atoms with Crippen LogP contribution in [0.5, 0.6) is 0 Å². The fourth-order valence-corrected chi connectivity index (χ4v) is 1.90. The zero-order valence-corrected chi connectivity index (χ0v) is 11.8. The molecular formula is C14H16ClN3O2. The summed E-state index contributed by atoms with van der Waals surface area (Å²) in [5.74, 6) is -0.237. The Morgan fingerprint density at radius 3 is 2.80 bits per heavy atom. The number of nitrogens with zero attached hydrogens (tertiary/aromatic N) is 1. The van der Waals surface area contributed by atoms with Crippen LogP contribution in [0, 0.1) is 0 Å². The van der Waals surface area contributed by atoms with Crippen LogP contribution in [-0.2, 0) is 0 Å². The van der Waals surface area contributed by atoms with E-state index in [4.69, 9.17) is 16.7 Å². The molecule has 5 nitrogen and oxygen atoms in total. The van der Waals surface area contributed by atoms with E-state index < -0.39 is 0 Å². The van der Waals surface area contributed by atoms with Gasteiger partial charge in [0.15, 0.2) is 0 Å². The summed E-state index contributed by atoms with van der Waals surface area (Å²) < 4.78 is 0. The molecule has 1 aromatic carbocycles. The minimum absolute atomic E-state index is 0.0421. The van der Waals surface area contributed by atoms with Crippen molar-refractivity contribution in [2.24, 2.45) is 0 Å². The third-order valence-corrected chi connectivity index (χ3v) is 3.15. The van der Waals surface area contributed by atoms with Crippen LogP contribution in [0.1, 0.15) is 23.8 Å². The molecule has 0 aliphatic carbocycles. The number of rotatable bonds is 5. The van der Waals surface area contributed by atoms with Gasteiger partial charge >= 0.3 is 0 Å². The van der Waals surface area contributed by atoms with E-state index in [1.807, 2.05) is 19.1 Å². The molecule has 0 aliphatic heterocycles. The molecule has 0 radical (unpaired) electrons. The number of hydrogen-bond acceptors (Lipinski definition) is 3. The van der Waals surface area contributed by atoms with E-state index in [0.717, 1.165) is 5.56 Å². The van der Waals surface area contributed by atoms with Crippen molar-refractivity contribution in [3.8, 4) is 11.3 Å². The Kier molecular flexibility index (Phi) is 4.76. The SMILES string of the molecule is CC(CCO)NC(=O)c1cc(-c2ccc(Cl)cc2)n[nH]1.